The second-order valence-corrected chi connectivity index (χ2v) is 4.47. The Balaban J connectivity index is 1.95. The highest BCUT2D eigenvalue weighted by atomic mass is 79.9. The highest BCUT2D eigenvalue weighted by Gasteiger charge is 2.10. The quantitative estimate of drug-likeness (QED) is 0.797. The van der Waals surface area contributed by atoms with Crippen molar-refractivity contribution < 1.29 is 4.79 Å². The van der Waals surface area contributed by atoms with Gasteiger partial charge in [0.15, 0.2) is 0 Å². The molecule has 2 N–H and O–H groups in total. The van der Waals surface area contributed by atoms with Crippen molar-refractivity contribution in [1.82, 2.24) is 10.4 Å². The number of carbonyl (C=O) groups is 1. The number of hydrazone groups is 1. The largest absolute Gasteiger partial charge is 0.356 e. The molecule has 1 amide bonds. The molecule has 0 radical (unpaired) electrons. The molecule has 0 bridgehead atoms. The number of aromatic amines is 1. The van der Waals surface area contributed by atoms with E-state index >= 15 is 0 Å². The Morgan fingerprint density at radius 3 is 2.80 bits per heavy atom. The molecule has 1 aromatic rings. The molecule has 0 aromatic carbocycles. The van der Waals surface area contributed by atoms with Crippen LogP contribution in [0, 0.1) is 0 Å². The Bertz CT molecular complexity index is 389. The summed E-state index contributed by atoms with van der Waals surface area (Å²) >= 11 is 3.27. The average molecular weight is 270 g/mol. The van der Waals surface area contributed by atoms with Crippen molar-refractivity contribution in [1.29, 1.82) is 0 Å². The van der Waals surface area contributed by atoms with Crippen molar-refractivity contribution in [3.05, 3.63) is 22.4 Å². The van der Waals surface area contributed by atoms with Crippen LogP contribution in [0.15, 0.2) is 21.8 Å². The maximum Gasteiger partial charge on any atom is 0.287 e. The van der Waals surface area contributed by atoms with E-state index in [1.165, 1.54) is 12.8 Å². The highest BCUT2D eigenvalue weighted by molar-refractivity contribution is 9.10. The normalized spacial score (nSPS) is 15.4. The third-order valence-electron chi connectivity index (χ3n) is 2.39. The van der Waals surface area contributed by atoms with Gasteiger partial charge >= 0.3 is 0 Å². The maximum atomic E-state index is 11.5. The van der Waals surface area contributed by atoms with Crippen molar-refractivity contribution in [3.8, 4) is 0 Å². The molecule has 1 aliphatic rings. The van der Waals surface area contributed by atoms with E-state index in [-0.39, 0.29) is 5.91 Å². The number of H-pyrrole nitrogens is 1. The molecule has 1 aliphatic carbocycles. The minimum Gasteiger partial charge on any atom is -0.356 e. The number of rotatable bonds is 2. The van der Waals surface area contributed by atoms with Gasteiger partial charge in [-0.15, -0.1) is 0 Å². The van der Waals surface area contributed by atoms with E-state index in [0.29, 0.717) is 5.69 Å². The van der Waals surface area contributed by atoms with Gasteiger partial charge in [0.25, 0.3) is 5.91 Å². The number of amides is 1. The molecule has 2 rings (SSSR count). The van der Waals surface area contributed by atoms with Crippen LogP contribution in [0.1, 0.15) is 36.2 Å². The van der Waals surface area contributed by atoms with Gasteiger partial charge in [0.1, 0.15) is 5.69 Å². The summed E-state index contributed by atoms with van der Waals surface area (Å²) in [4.78, 5) is 14.4. The topological polar surface area (TPSA) is 57.2 Å². The van der Waals surface area contributed by atoms with Crippen molar-refractivity contribution in [3.63, 3.8) is 0 Å². The Morgan fingerprint density at radius 2 is 2.20 bits per heavy atom. The summed E-state index contributed by atoms with van der Waals surface area (Å²) in [5, 5.41) is 4.09. The van der Waals surface area contributed by atoms with Gasteiger partial charge in [-0.05, 0) is 47.7 Å². The molecule has 5 heteroatoms. The van der Waals surface area contributed by atoms with Crippen LogP contribution in [-0.2, 0) is 0 Å². The second kappa shape index (κ2) is 4.61. The van der Waals surface area contributed by atoms with Crippen LogP contribution in [0.2, 0.25) is 0 Å². The first-order chi connectivity index (χ1) is 7.25. The molecule has 1 heterocycles. The number of aromatic nitrogens is 1. The third kappa shape index (κ3) is 2.68. The molecule has 0 atom stereocenters. The number of nitrogens with zero attached hydrogens (tertiary/aromatic N) is 1. The fourth-order valence-electron chi connectivity index (χ4n) is 1.58. The summed E-state index contributed by atoms with van der Waals surface area (Å²) in [6, 6.07) is 1.73. The number of hydrogen-bond acceptors (Lipinski definition) is 2. The van der Waals surface area contributed by atoms with Crippen molar-refractivity contribution in [2.45, 2.75) is 25.7 Å². The van der Waals surface area contributed by atoms with Gasteiger partial charge in [-0.25, -0.2) is 5.43 Å². The molecule has 0 saturated heterocycles. The van der Waals surface area contributed by atoms with Crippen LogP contribution in [0.3, 0.4) is 0 Å². The van der Waals surface area contributed by atoms with Crippen molar-refractivity contribution >= 4 is 27.5 Å². The Labute approximate surface area is 96.3 Å². The Hall–Kier alpha value is -1.10. The Morgan fingerprint density at radius 1 is 1.47 bits per heavy atom. The van der Waals surface area contributed by atoms with Gasteiger partial charge in [0.05, 0.1) is 0 Å². The lowest BCUT2D eigenvalue weighted by Gasteiger charge is -1.98. The lowest BCUT2D eigenvalue weighted by Crippen LogP contribution is -2.19. The van der Waals surface area contributed by atoms with Crippen LogP contribution >= 0.6 is 15.9 Å². The molecule has 80 valence electrons. The minimum atomic E-state index is -0.194. The summed E-state index contributed by atoms with van der Waals surface area (Å²) < 4.78 is 0.862. The average Bonchev–Trinajstić information content (AvgIpc) is 2.84. The van der Waals surface area contributed by atoms with E-state index in [1.807, 2.05) is 0 Å². The van der Waals surface area contributed by atoms with E-state index in [2.05, 4.69) is 31.4 Å². The SMILES string of the molecule is O=C(NN=C1CCCC1)c1cc(Br)c[nH]1. The van der Waals surface area contributed by atoms with E-state index in [1.54, 1.807) is 12.3 Å². The van der Waals surface area contributed by atoms with Crippen LogP contribution in [0.25, 0.3) is 0 Å². The first-order valence-corrected chi connectivity index (χ1v) is 5.75. The Kier molecular flexibility index (Phi) is 3.20. The summed E-state index contributed by atoms with van der Waals surface area (Å²) in [5.41, 5.74) is 4.16. The molecule has 1 saturated carbocycles. The van der Waals surface area contributed by atoms with E-state index in [0.717, 1.165) is 23.0 Å². The molecule has 1 aromatic heterocycles. The number of halogens is 1. The lowest BCUT2D eigenvalue weighted by molar-refractivity contribution is 0.0950. The van der Waals surface area contributed by atoms with Crippen LogP contribution in [0.4, 0.5) is 0 Å². The van der Waals surface area contributed by atoms with E-state index in [4.69, 9.17) is 0 Å². The van der Waals surface area contributed by atoms with Crippen LogP contribution < -0.4 is 5.43 Å². The van der Waals surface area contributed by atoms with Crippen molar-refractivity contribution in [2.24, 2.45) is 5.10 Å². The van der Waals surface area contributed by atoms with Gasteiger partial charge in [0.2, 0.25) is 0 Å². The minimum absolute atomic E-state index is 0.194. The van der Waals surface area contributed by atoms with E-state index < -0.39 is 0 Å². The molecule has 4 nitrogen and oxygen atoms in total. The summed E-state index contributed by atoms with van der Waals surface area (Å²) in [6.07, 6.45) is 6.10. The van der Waals surface area contributed by atoms with Gasteiger partial charge in [-0.2, -0.15) is 5.10 Å². The predicted octanol–water partition coefficient (Wildman–Crippen LogP) is 2.44. The molecule has 1 fully saturated rings. The predicted molar refractivity (Wildman–Crippen MR) is 61.9 cm³/mol. The van der Waals surface area contributed by atoms with Crippen molar-refractivity contribution in [2.75, 3.05) is 0 Å². The molecular formula is C10H12BrN3O. The molecule has 0 spiro atoms. The number of nitrogens with one attached hydrogen (secondary N) is 2. The smallest absolute Gasteiger partial charge is 0.287 e. The zero-order valence-corrected chi connectivity index (χ0v) is 9.80. The van der Waals surface area contributed by atoms with Gasteiger partial charge in [-0.1, -0.05) is 0 Å². The summed E-state index contributed by atoms with van der Waals surface area (Å²) in [7, 11) is 0. The zero-order chi connectivity index (χ0) is 10.7. The highest BCUT2D eigenvalue weighted by Crippen LogP contribution is 2.14. The monoisotopic (exact) mass is 269 g/mol. The molecule has 15 heavy (non-hydrogen) atoms. The standard InChI is InChI=1S/C10H12BrN3O/c11-7-5-9(12-6-7)10(15)14-13-8-3-1-2-4-8/h5-6,12H,1-4H2,(H,14,15). The van der Waals surface area contributed by atoms with E-state index in [9.17, 15) is 4.79 Å². The molecule has 0 aliphatic heterocycles. The zero-order valence-electron chi connectivity index (χ0n) is 8.22. The fraction of sp³-hybridized carbons (Fsp3) is 0.400. The lowest BCUT2D eigenvalue weighted by atomic mass is 10.3. The number of hydrogen-bond donors (Lipinski definition) is 2. The van der Waals surface area contributed by atoms with Gasteiger partial charge < -0.3 is 4.98 Å². The summed E-state index contributed by atoms with van der Waals surface area (Å²) in [5.74, 6) is -0.194. The second-order valence-electron chi connectivity index (χ2n) is 3.56. The van der Waals surface area contributed by atoms with Gasteiger partial charge in [-0.3, -0.25) is 4.79 Å². The number of carbonyl (C=O) groups excluding carboxylic acids is 1. The summed E-state index contributed by atoms with van der Waals surface area (Å²) in [6.45, 7) is 0. The third-order valence-corrected chi connectivity index (χ3v) is 2.85. The maximum absolute atomic E-state index is 11.5. The fourth-order valence-corrected chi connectivity index (χ4v) is 1.93. The first kappa shape index (κ1) is 10.4. The molecule has 0 unspecified atom stereocenters. The van der Waals surface area contributed by atoms with Crippen LogP contribution in [-0.4, -0.2) is 16.6 Å². The first-order valence-electron chi connectivity index (χ1n) is 4.95. The molecular weight excluding hydrogens is 258 g/mol. The van der Waals surface area contributed by atoms with Crippen LogP contribution in [0.5, 0.6) is 0 Å². The van der Waals surface area contributed by atoms with Gasteiger partial charge in [0, 0.05) is 16.4 Å².